The molecule has 1 N–H and O–H groups in total. The molecule has 2 amide bonds. The first-order chi connectivity index (χ1) is 17.0. The van der Waals surface area contributed by atoms with Gasteiger partial charge in [-0.15, -0.1) is 0 Å². The average molecular weight is 571 g/mol. The summed E-state index contributed by atoms with van der Waals surface area (Å²) < 4.78 is 26.6. The molecule has 0 heterocycles. The third kappa shape index (κ3) is 8.90. The van der Waals surface area contributed by atoms with Crippen molar-refractivity contribution < 1.29 is 18.0 Å². The lowest BCUT2D eigenvalue weighted by Crippen LogP contribution is -2.55. The second-order valence-electron chi connectivity index (χ2n) is 10.4. The zero-order valence-corrected chi connectivity index (χ0v) is 24.8. The van der Waals surface area contributed by atoms with Crippen molar-refractivity contribution in [1.29, 1.82) is 0 Å². The van der Waals surface area contributed by atoms with Crippen molar-refractivity contribution in [3.63, 3.8) is 0 Å². The highest BCUT2D eigenvalue weighted by molar-refractivity contribution is 7.92. The van der Waals surface area contributed by atoms with Gasteiger partial charge in [0.05, 0.1) is 11.9 Å². The monoisotopic (exact) mass is 569 g/mol. The largest absolute Gasteiger partial charge is 0.350 e. The maximum absolute atomic E-state index is 13.8. The fourth-order valence-corrected chi connectivity index (χ4v) is 5.16. The summed E-state index contributed by atoms with van der Waals surface area (Å²) in [6.07, 6.45) is 1.38. The zero-order chi connectivity index (χ0) is 28.1. The summed E-state index contributed by atoms with van der Waals surface area (Å²) in [6.45, 7) is 11.0. The highest BCUT2D eigenvalue weighted by Gasteiger charge is 2.33. The summed E-state index contributed by atoms with van der Waals surface area (Å²) in [6, 6.07) is 11.1. The van der Waals surface area contributed by atoms with Gasteiger partial charge in [0.1, 0.15) is 12.6 Å². The number of hydrogen-bond acceptors (Lipinski definition) is 4. The normalized spacial score (nSPS) is 12.8. The highest BCUT2D eigenvalue weighted by atomic mass is 35.5. The van der Waals surface area contributed by atoms with E-state index >= 15 is 0 Å². The Bertz CT molecular complexity index is 1210. The second kappa shape index (κ2) is 12.5. The number of benzene rings is 2. The number of carbonyl (C=O) groups is 2. The molecule has 0 aliphatic heterocycles. The van der Waals surface area contributed by atoms with Gasteiger partial charge in [-0.05, 0) is 68.5 Å². The molecule has 0 aromatic heterocycles. The van der Waals surface area contributed by atoms with Crippen LogP contribution in [0.4, 0.5) is 5.69 Å². The molecule has 204 valence electrons. The number of hydrogen-bond donors (Lipinski definition) is 1. The minimum absolute atomic E-state index is 0.00872. The molecule has 37 heavy (non-hydrogen) atoms. The van der Waals surface area contributed by atoms with Crippen LogP contribution in [0, 0.1) is 0 Å². The van der Waals surface area contributed by atoms with E-state index in [0.29, 0.717) is 27.7 Å². The molecule has 0 fully saturated rings. The van der Waals surface area contributed by atoms with Crippen LogP contribution in [-0.2, 0) is 26.2 Å². The van der Waals surface area contributed by atoms with E-state index in [1.807, 2.05) is 46.8 Å². The maximum atomic E-state index is 13.8. The van der Waals surface area contributed by atoms with E-state index in [-0.39, 0.29) is 18.4 Å². The van der Waals surface area contributed by atoms with Crippen LogP contribution in [0.15, 0.2) is 42.5 Å². The number of rotatable bonds is 10. The number of nitrogens with zero attached hydrogens (tertiary/aromatic N) is 2. The Morgan fingerprint density at radius 3 is 2.08 bits per heavy atom. The third-order valence-corrected chi connectivity index (χ3v) is 7.49. The Morgan fingerprint density at radius 1 is 1.03 bits per heavy atom. The quantitative estimate of drug-likeness (QED) is 0.403. The molecular weight excluding hydrogens is 533 g/mol. The van der Waals surface area contributed by atoms with Crippen molar-refractivity contribution in [3.8, 4) is 0 Å². The van der Waals surface area contributed by atoms with Gasteiger partial charge in [0, 0.05) is 22.1 Å². The van der Waals surface area contributed by atoms with Gasteiger partial charge in [-0.25, -0.2) is 8.42 Å². The van der Waals surface area contributed by atoms with Crippen LogP contribution in [0.1, 0.15) is 65.0 Å². The molecule has 0 aliphatic rings. The topological polar surface area (TPSA) is 86.8 Å². The van der Waals surface area contributed by atoms with E-state index in [9.17, 15) is 18.0 Å². The first-order valence-electron chi connectivity index (χ1n) is 12.2. The molecular formula is C27H37Cl2N3O4S. The lowest BCUT2D eigenvalue weighted by Gasteiger charge is -2.34. The molecule has 2 rings (SSSR count). The number of carbonyl (C=O) groups excluding carboxylic acids is 2. The molecule has 0 spiro atoms. The van der Waals surface area contributed by atoms with Crippen molar-refractivity contribution in [3.05, 3.63) is 63.6 Å². The zero-order valence-electron chi connectivity index (χ0n) is 22.5. The van der Waals surface area contributed by atoms with Gasteiger partial charge in [0.15, 0.2) is 0 Å². The van der Waals surface area contributed by atoms with Gasteiger partial charge < -0.3 is 10.2 Å². The summed E-state index contributed by atoms with van der Waals surface area (Å²) in [5.41, 5.74) is 1.49. The van der Waals surface area contributed by atoms with E-state index in [4.69, 9.17) is 23.2 Å². The Morgan fingerprint density at radius 2 is 1.62 bits per heavy atom. The molecule has 0 saturated carbocycles. The smallest absolute Gasteiger partial charge is 0.244 e. The van der Waals surface area contributed by atoms with Gasteiger partial charge in [-0.2, -0.15) is 0 Å². The number of amides is 2. The van der Waals surface area contributed by atoms with Crippen LogP contribution in [0.25, 0.3) is 0 Å². The summed E-state index contributed by atoms with van der Waals surface area (Å²) >= 11 is 12.4. The fraction of sp³-hybridized carbons (Fsp3) is 0.481. The van der Waals surface area contributed by atoms with E-state index < -0.39 is 34.1 Å². The molecule has 2 aromatic rings. The minimum Gasteiger partial charge on any atom is -0.350 e. The Kier molecular flexibility index (Phi) is 10.5. The molecule has 0 radical (unpaired) electrons. The number of halogens is 2. The van der Waals surface area contributed by atoms with Gasteiger partial charge in [0.25, 0.3) is 0 Å². The van der Waals surface area contributed by atoms with Crippen LogP contribution >= 0.6 is 23.2 Å². The molecule has 10 heteroatoms. The average Bonchev–Trinajstić information content (AvgIpc) is 2.76. The van der Waals surface area contributed by atoms with Crippen LogP contribution < -0.4 is 9.62 Å². The van der Waals surface area contributed by atoms with E-state index in [0.717, 1.165) is 16.1 Å². The molecule has 0 saturated heterocycles. The van der Waals surface area contributed by atoms with E-state index in [1.165, 1.54) is 4.90 Å². The predicted molar refractivity (Wildman–Crippen MR) is 152 cm³/mol. The van der Waals surface area contributed by atoms with Gasteiger partial charge in [-0.3, -0.25) is 13.9 Å². The number of sulfonamides is 1. The van der Waals surface area contributed by atoms with Crippen LogP contribution in [0.5, 0.6) is 0 Å². The third-order valence-electron chi connectivity index (χ3n) is 5.77. The van der Waals surface area contributed by atoms with Crippen LogP contribution in [0.2, 0.25) is 10.0 Å². The summed E-state index contributed by atoms with van der Waals surface area (Å²) in [5, 5.41) is 3.72. The van der Waals surface area contributed by atoms with E-state index in [1.54, 1.807) is 37.3 Å². The Balaban J connectivity index is 2.49. The van der Waals surface area contributed by atoms with Crippen molar-refractivity contribution >= 4 is 50.7 Å². The molecule has 2 aromatic carbocycles. The number of anilines is 1. The van der Waals surface area contributed by atoms with Crippen LogP contribution in [0.3, 0.4) is 0 Å². The van der Waals surface area contributed by atoms with Gasteiger partial charge in [-0.1, -0.05) is 62.2 Å². The predicted octanol–water partition coefficient (Wildman–Crippen LogP) is 5.60. The SMILES string of the molecule is CC[C@H](C(=O)NC(C)(C)C)N(Cc1ccc(Cl)cc1Cl)C(=O)CN(c1ccc(C(C)C)cc1)S(C)(=O)=O. The maximum Gasteiger partial charge on any atom is 0.244 e. The highest BCUT2D eigenvalue weighted by Crippen LogP contribution is 2.26. The summed E-state index contributed by atoms with van der Waals surface area (Å²) in [7, 11) is -3.81. The fourth-order valence-electron chi connectivity index (χ4n) is 3.85. The molecule has 0 aliphatic carbocycles. The molecule has 7 nitrogen and oxygen atoms in total. The minimum atomic E-state index is -3.81. The summed E-state index contributed by atoms with van der Waals surface area (Å²) in [4.78, 5) is 28.4. The van der Waals surface area contributed by atoms with Crippen molar-refractivity contribution in [2.45, 2.75) is 72.0 Å². The van der Waals surface area contributed by atoms with E-state index in [2.05, 4.69) is 5.32 Å². The lowest BCUT2D eigenvalue weighted by atomic mass is 10.0. The number of nitrogens with one attached hydrogen (secondary N) is 1. The van der Waals surface area contributed by atoms with Crippen molar-refractivity contribution in [2.75, 3.05) is 17.1 Å². The lowest BCUT2D eigenvalue weighted by molar-refractivity contribution is -0.141. The Labute approximate surface area is 231 Å². The van der Waals surface area contributed by atoms with Crippen molar-refractivity contribution in [2.24, 2.45) is 0 Å². The molecule has 0 bridgehead atoms. The van der Waals surface area contributed by atoms with Crippen molar-refractivity contribution in [1.82, 2.24) is 10.2 Å². The first kappa shape index (κ1) is 30.9. The first-order valence-corrected chi connectivity index (χ1v) is 14.8. The second-order valence-corrected chi connectivity index (χ2v) is 13.2. The Hall–Kier alpha value is -2.29. The molecule has 0 unspecified atom stereocenters. The van der Waals surface area contributed by atoms with Gasteiger partial charge >= 0.3 is 0 Å². The van der Waals surface area contributed by atoms with Gasteiger partial charge in [0.2, 0.25) is 21.8 Å². The summed E-state index contributed by atoms with van der Waals surface area (Å²) in [5.74, 6) is -0.588. The molecule has 1 atom stereocenters. The standard InChI is InChI=1S/C27H37Cl2N3O4S/c1-8-24(26(34)30-27(4,5)6)31(16-20-9-12-21(28)15-23(20)29)25(33)17-32(37(7,35)36)22-13-10-19(11-14-22)18(2)3/h9-15,18,24H,8,16-17H2,1-7H3,(H,30,34)/t24-/m1/s1. The van der Waals surface area contributed by atoms with Crippen LogP contribution in [-0.4, -0.2) is 49.5 Å².